The number of rotatable bonds is 5. The lowest BCUT2D eigenvalue weighted by Crippen LogP contribution is -2.20. The Labute approximate surface area is 86.0 Å². The molecule has 80 valence electrons. The van der Waals surface area contributed by atoms with Crippen LogP contribution in [0.25, 0.3) is 0 Å². The Morgan fingerprint density at radius 1 is 1.43 bits per heavy atom. The van der Waals surface area contributed by atoms with E-state index in [-0.39, 0.29) is 6.10 Å². The first kappa shape index (κ1) is 10.2. The van der Waals surface area contributed by atoms with E-state index in [1.54, 1.807) is 0 Å². The van der Waals surface area contributed by atoms with Crippen LogP contribution in [-0.2, 0) is 4.74 Å². The molecule has 0 aromatic heterocycles. The van der Waals surface area contributed by atoms with Crippen molar-refractivity contribution >= 4 is 0 Å². The van der Waals surface area contributed by atoms with Crippen molar-refractivity contribution in [1.29, 1.82) is 0 Å². The van der Waals surface area contributed by atoms with Gasteiger partial charge in [-0.1, -0.05) is 19.1 Å². The van der Waals surface area contributed by atoms with E-state index < -0.39 is 0 Å². The van der Waals surface area contributed by atoms with Gasteiger partial charge in [-0.15, -0.1) is 0 Å². The van der Waals surface area contributed by atoms with E-state index >= 15 is 0 Å². The van der Waals surface area contributed by atoms with Crippen molar-refractivity contribution in [3.8, 4) is 0 Å². The van der Waals surface area contributed by atoms with Crippen molar-refractivity contribution in [2.45, 2.75) is 32.3 Å². The van der Waals surface area contributed by atoms with Gasteiger partial charge in [0.2, 0.25) is 0 Å². The zero-order valence-corrected chi connectivity index (χ0v) is 8.86. The standard InChI is InChI=1S/C12H20O2/c1-2-12(13)8-14-7-11-6-9-3-4-10(11)5-9/h3-4,9-13H,2,5-8H2,1H3. The van der Waals surface area contributed by atoms with Crippen LogP contribution in [0, 0.1) is 17.8 Å². The van der Waals surface area contributed by atoms with Crippen LogP contribution in [0.5, 0.6) is 0 Å². The lowest BCUT2D eigenvalue weighted by atomic mass is 9.95. The largest absolute Gasteiger partial charge is 0.391 e. The quantitative estimate of drug-likeness (QED) is 0.681. The maximum atomic E-state index is 9.32. The first-order chi connectivity index (χ1) is 6.79. The Morgan fingerprint density at radius 3 is 2.86 bits per heavy atom. The van der Waals surface area contributed by atoms with Crippen LogP contribution in [0.2, 0.25) is 0 Å². The molecule has 0 spiro atoms. The fraction of sp³-hybridized carbons (Fsp3) is 0.833. The third kappa shape index (κ3) is 2.18. The molecule has 1 N–H and O–H groups in total. The highest BCUT2D eigenvalue weighted by Crippen LogP contribution is 2.43. The van der Waals surface area contributed by atoms with Crippen molar-refractivity contribution in [3.05, 3.63) is 12.2 Å². The smallest absolute Gasteiger partial charge is 0.0771 e. The van der Waals surface area contributed by atoms with Crippen molar-refractivity contribution in [1.82, 2.24) is 0 Å². The molecule has 0 aromatic rings. The molecule has 0 aromatic carbocycles. The summed E-state index contributed by atoms with van der Waals surface area (Å²) < 4.78 is 5.54. The summed E-state index contributed by atoms with van der Waals surface area (Å²) in [6, 6.07) is 0. The summed E-state index contributed by atoms with van der Waals surface area (Å²) in [5.74, 6) is 2.30. The van der Waals surface area contributed by atoms with Gasteiger partial charge in [0, 0.05) is 0 Å². The van der Waals surface area contributed by atoms with E-state index in [0.29, 0.717) is 12.5 Å². The maximum absolute atomic E-state index is 9.32. The average molecular weight is 196 g/mol. The molecular weight excluding hydrogens is 176 g/mol. The lowest BCUT2D eigenvalue weighted by Gasteiger charge is -2.18. The Hall–Kier alpha value is -0.340. The van der Waals surface area contributed by atoms with Crippen LogP contribution in [0.1, 0.15) is 26.2 Å². The Bertz CT molecular complexity index is 212. The molecule has 2 heteroatoms. The molecule has 2 nitrogen and oxygen atoms in total. The third-order valence-electron chi connectivity index (χ3n) is 3.53. The average Bonchev–Trinajstić information content (AvgIpc) is 2.79. The van der Waals surface area contributed by atoms with Crippen molar-refractivity contribution in [2.75, 3.05) is 13.2 Å². The summed E-state index contributed by atoms with van der Waals surface area (Å²) in [6.07, 6.45) is 7.84. The Balaban J connectivity index is 1.65. The second-order valence-corrected chi connectivity index (χ2v) is 4.64. The molecule has 2 bridgehead atoms. The minimum atomic E-state index is -0.274. The van der Waals surface area contributed by atoms with Crippen LogP contribution < -0.4 is 0 Å². The molecule has 2 rings (SSSR count). The molecule has 1 saturated carbocycles. The van der Waals surface area contributed by atoms with Gasteiger partial charge in [0.15, 0.2) is 0 Å². The van der Waals surface area contributed by atoms with Gasteiger partial charge in [0.05, 0.1) is 19.3 Å². The highest BCUT2D eigenvalue weighted by atomic mass is 16.5. The van der Waals surface area contributed by atoms with Crippen LogP contribution in [0.15, 0.2) is 12.2 Å². The first-order valence-corrected chi connectivity index (χ1v) is 5.73. The van der Waals surface area contributed by atoms with Crippen molar-refractivity contribution < 1.29 is 9.84 Å². The Kier molecular flexibility index (Phi) is 3.24. The molecule has 0 amide bonds. The number of aliphatic hydroxyl groups is 1. The van der Waals surface area contributed by atoms with Crippen molar-refractivity contribution in [3.63, 3.8) is 0 Å². The topological polar surface area (TPSA) is 29.5 Å². The van der Waals surface area contributed by atoms with E-state index in [2.05, 4.69) is 12.2 Å². The number of fused-ring (bicyclic) bond motifs is 2. The molecule has 14 heavy (non-hydrogen) atoms. The molecule has 4 unspecified atom stereocenters. The van der Waals surface area contributed by atoms with E-state index in [9.17, 15) is 5.11 Å². The summed E-state index contributed by atoms with van der Waals surface area (Å²) >= 11 is 0. The second-order valence-electron chi connectivity index (χ2n) is 4.64. The van der Waals surface area contributed by atoms with E-state index in [0.717, 1.165) is 24.9 Å². The van der Waals surface area contributed by atoms with E-state index in [1.165, 1.54) is 12.8 Å². The molecule has 0 heterocycles. The van der Waals surface area contributed by atoms with Crippen LogP contribution >= 0.6 is 0 Å². The van der Waals surface area contributed by atoms with E-state index in [4.69, 9.17) is 4.74 Å². The number of hydrogen-bond acceptors (Lipinski definition) is 2. The molecule has 2 aliphatic carbocycles. The number of ether oxygens (including phenoxy) is 1. The number of allylic oxidation sites excluding steroid dienone is 2. The van der Waals surface area contributed by atoms with Crippen molar-refractivity contribution in [2.24, 2.45) is 17.8 Å². The van der Waals surface area contributed by atoms with Gasteiger partial charge in [-0.2, -0.15) is 0 Å². The minimum Gasteiger partial charge on any atom is -0.391 e. The minimum absolute atomic E-state index is 0.274. The van der Waals surface area contributed by atoms with Gasteiger partial charge >= 0.3 is 0 Å². The van der Waals surface area contributed by atoms with Crippen LogP contribution in [0.4, 0.5) is 0 Å². The summed E-state index contributed by atoms with van der Waals surface area (Å²) in [6.45, 7) is 3.32. The lowest BCUT2D eigenvalue weighted by molar-refractivity contribution is 0.0160. The van der Waals surface area contributed by atoms with Crippen LogP contribution in [-0.4, -0.2) is 24.4 Å². The van der Waals surface area contributed by atoms with Gasteiger partial charge in [-0.3, -0.25) is 0 Å². The molecule has 0 aliphatic heterocycles. The number of hydrogen-bond donors (Lipinski definition) is 1. The third-order valence-corrected chi connectivity index (χ3v) is 3.53. The molecule has 0 saturated heterocycles. The second kappa shape index (κ2) is 4.45. The fourth-order valence-electron chi connectivity index (χ4n) is 2.56. The predicted molar refractivity (Wildman–Crippen MR) is 56.0 cm³/mol. The van der Waals surface area contributed by atoms with Gasteiger partial charge in [-0.25, -0.2) is 0 Å². The van der Waals surface area contributed by atoms with Gasteiger partial charge < -0.3 is 9.84 Å². The zero-order valence-electron chi connectivity index (χ0n) is 8.86. The maximum Gasteiger partial charge on any atom is 0.0771 e. The molecule has 2 aliphatic rings. The SMILES string of the molecule is CCC(O)COCC1CC2C=CC1C2. The summed E-state index contributed by atoms with van der Waals surface area (Å²) in [5, 5.41) is 9.32. The molecule has 4 atom stereocenters. The molecule has 1 fully saturated rings. The normalized spacial score (nSPS) is 36.6. The first-order valence-electron chi connectivity index (χ1n) is 5.73. The summed E-state index contributed by atoms with van der Waals surface area (Å²) in [5.41, 5.74) is 0. The monoisotopic (exact) mass is 196 g/mol. The predicted octanol–water partition coefficient (Wildman–Crippen LogP) is 1.99. The van der Waals surface area contributed by atoms with E-state index in [1.807, 2.05) is 6.92 Å². The van der Waals surface area contributed by atoms with Gasteiger partial charge in [0.1, 0.15) is 0 Å². The summed E-state index contributed by atoms with van der Waals surface area (Å²) in [4.78, 5) is 0. The highest BCUT2D eigenvalue weighted by molar-refractivity contribution is 5.09. The molecule has 0 radical (unpaired) electrons. The van der Waals surface area contributed by atoms with Crippen LogP contribution in [0.3, 0.4) is 0 Å². The fourth-order valence-corrected chi connectivity index (χ4v) is 2.56. The zero-order chi connectivity index (χ0) is 9.97. The Morgan fingerprint density at radius 2 is 2.29 bits per heavy atom. The highest BCUT2D eigenvalue weighted by Gasteiger charge is 2.35. The number of aliphatic hydroxyl groups excluding tert-OH is 1. The molecular formula is C12H20O2. The van der Waals surface area contributed by atoms with Gasteiger partial charge in [-0.05, 0) is 37.0 Å². The summed E-state index contributed by atoms with van der Waals surface area (Å²) in [7, 11) is 0. The van der Waals surface area contributed by atoms with Gasteiger partial charge in [0.25, 0.3) is 0 Å².